The van der Waals surface area contributed by atoms with Crippen molar-refractivity contribution in [2.75, 3.05) is 13.7 Å². The Bertz CT molecular complexity index is 523. The van der Waals surface area contributed by atoms with E-state index in [1.165, 1.54) is 0 Å². The molecular formula is C17H22O4. The number of benzene rings is 1. The quantitative estimate of drug-likeness (QED) is 0.618. The number of ether oxygens (including phenoxy) is 2. The van der Waals surface area contributed by atoms with Crippen LogP contribution >= 0.6 is 0 Å². The average Bonchev–Trinajstić information content (AvgIpc) is 2.50. The summed E-state index contributed by atoms with van der Waals surface area (Å²) in [5.41, 5.74) is -0.161. The SMILES string of the molecule is CCOC(=O)C1(Cc2ccccc2OC)CCCCC1=O. The molecule has 0 aromatic heterocycles. The molecule has 114 valence electrons. The van der Waals surface area contributed by atoms with Crippen LogP contribution in [0.5, 0.6) is 5.75 Å². The molecule has 0 N–H and O–H groups in total. The van der Waals surface area contributed by atoms with Crippen LogP contribution in [0.4, 0.5) is 0 Å². The van der Waals surface area contributed by atoms with Gasteiger partial charge in [-0.1, -0.05) is 24.6 Å². The summed E-state index contributed by atoms with van der Waals surface area (Å²) in [5, 5.41) is 0. The molecule has 0 heterocycles. The van der Waals surface area contributed by atoms with Gasteiger partial charge in [0.25, 0.3) is 0 Å². The van der Waals surface area contributed by atoms with Crippen molar-refractivity contribution in [3.8, 4) is 5.75 Å². The molecule has 0 radical (unpaired) electrons. The molecule has 0 bridgehead atoms. The van der Waals surface area contributed by atoms with Gasteiger partial charge in [0.1, 0.15) is 11.2 Å². The molecule has 4 nitrogen and oxygen atoms in total. The highest BCUT2D eigenvalue weighted by atomic mass is 16.5. The molecule has 4 heteroatoms. The first-order valence-electron chi connectivity index (χ1n) is 7.46. The monoisotopic (exact) mass is 290 g/mol. The first-order chi connectivity index (χ1) is 10.1. The van der Waals surface area contributed by atoms with Crippen molar-refractivity contribution in [2.45, 2.75) is 39.0 Å². The summed E-state index contributed by atoms with van der Waals surface area (Å²) < 4.78 is 10.5. The fraction of sp³-hybridized carbons (Fsp3) is 0.529. The molecule has 1 unspecified atom stereocenters. The van der Waals surface area contributed by atoms with Gasteiger partial charge in [-0.3, -0.25) is 9.59 Å². The number of hydrogen-bond acceptors (Lipinski definition) is 4. The van der Waals surface area contributed by atoms with E-state index in [1.807, 2.05) is 24.3 Å². The molecule has 0 saturated heterocycles. The molecule has 0 spiro atoms. The van der Waals surface area contributed by atoms with Crippen molar-refractivity contribution < 1.29 is 19.1 Å². The third-order valence-electron chi connectivity index (χ3n) is 4.14. The second kappa shape index (κ2) is 6.74. The number of carbonyl (C=O) groups excluding carboxylic acids is 2. The lowest BCUT2D eigenvalue weighted by Gasteiger charge is -2.33. The Morgan fingerprint density at radius 1 is 1.29 bits per heavy atom. The van der Waals surface area contributed by atoms with Gasteiger partial charge < -0.3 is 9.47 Å². The topological polar surface area (TPSA) is 52.6 Å². The summed E-state index contributed by atoms with van der Waals surface area (Å²) in [6.07, 6.45) is 3.09. The normalized spacial score (nSPS) is 21.9. The van der Waals surface area contributed by atoms with Crippen LogP contribution in [0.1, 0.15) is 38.2 Å². The molecule has 0 amide bonds. The van der Waals surface area contributed by atoms with Gasteiger partial charge in [-0.05, 0) is 37.8 Å². The molecule has 1 aliphatic carbocycles. The van der Waals surface area contributed by atoms with Gasteiger partial charge in [0.2, 0.25) is 0 Å². The third kappa shape index (κ3) is 3.09. The van der Waals surface area contributed by atoms with E-state index in [0.717, 1.165) is 18.4 Å². The van der Waals surface area contributed by atoms with Crippen LogP contribution in [0.3, 0.4) is 0 Å². The molecule has 1 aromatic rings. The number of para-hydroxylation sites is 1. The molecule has 1 aliphatic rings. The van der Waals surface area contributed by atoms with Crippen LogP contribution in [0.25, 0.3) is 0 Å². The highest BCUT2D eigenvalue weighted by Crippen LogP contribution is 2.39. The zero-order valence-electron chi connectivity index (χ0n) is 12.7. The Morgan fingerprint density at radius 2 is 2.05 bits per heavy atom. The van der Waals surface area contributed by atoms with Crippen LogP contribution < -0.4 is 4.74 Å². The van der Waals surface area contributed by atoms with E-state index in [-0.39, 0.29) is 11.8 Å². The number of hydrogen-bond donors (Lipinski definition) is 0. The third-order valence-corrected chi connectivity index (χ3v) is 4.14. The van der Waals surface area contributed by atoms with Gasteiger partial charge in [0, 0.05) is 6.42 Å². The minimum atomic E-state index is -1.04. The van der Waals surface area contributed by atoms with Gasteiger partial charge in [0.15, 0.2) is 5.78 Å². The van der Waals surface area contributed by atoms with Gasteiger partial charge in [-0.15, -0.1) is 0 Å². The van der Waals surface area contributed by atoms with Crippen molar-refractivity contribution >= 4 is 11.8 Å². The van der Waals surface area contributed by atoms with Gasteiger partial charge in [0.05, 0.1) is 13.7 Å². The summed E-state index contributed by atoms with van der Waals surface area (Å²) in [6, 6.07) is 7.52. The van der Waals surface area contributed by atoms with Crippen molar-refractivity contribution in [2.24, 2.45) is 5.41 Å². The maximum atomic E-state index is 12.5. The van der Waals surface area contributed by atoms with E-state index in [9.17, 15) is 9.59 Å². The van der Waals surface area contributed by atoms with Gasteiger partial charge >= 0.3 is 5.97 Å². The predicted octanol–water partition coefficient (Wildman–Crippen LogP) is 2.93. The Morgan fingerprint density at radius 3 is 2.71 bits per heavy atom. The van der Waals surface area contributed by atoms with Gasteiger partial charge in [-0.25, -0.2) is 0 Å². The summed E-state index contributed by atoms with van der Waals surface area (Å²) in [4.78, 5) is 24.9. The molecule has 1 saturated carbocycles. The summed E-state index contributed by atoms with van der Waals surface area (Å²) >= 11 is 0. The van der Waals surface area contributed by atoms with Crippen LogP contribution in [0.2, 0.25) is 0 Å². The number of methoxy groups -OCH3 is 1. The highest BCUT2D eigenvalue weighted by molar-refractivity contribution is 6.04. The molecular weight excluding hydrogens is 268 g/mol. The average molecular weight is 290 g/mol. The second-order valence-corrected chi connectivity index (χ2v) is 5.42. The first kappa shape index (κ1) is 15.5. The zero-order chi connectivity index (χ0) is 15.3. The molecule has 1 aromatic carbocycles. The standard InChI is InChI=1S/C17H22O4/c1-3-21-16(19)17(11-7-6-10-15(17)18)12-13-8-4-5-9-14(13)20-2/h4-5,8-9H,3,6-7,10-12H2,1-2H3. The van der Waals surface area contributed by atoms with Crippen molar-refractivity contribution in [3.63, 3.8) is 0 Å². The van der Waals surface area contributed by atoms with E-state index >= 15 is 0 Å². The fourth-order valence-electron chi connectivity index (χ4n) is 3.01. The van der Waals surface area contributed by atoms with Crippen LogP contribution in [-0.4, -0.2) is 25.5 Å². The largest absolute Gasteiger partial charge is 0.496 e. The molecule has 21 heavy (non-hydrogen) atoms. The van der Waals surface area contributed by atoms with E-state index in [2.05, 4.69) is 0 Å². The highest BCUT2D eigenvalue weighted by Gasteiger charge is 2.48. The lowest BCUT2D eigenvalue weighted by molar-refractivity contribution is -0.162. The smallest absolute Gasteiger partial charge is 0.319 e. The van der Waals surface area contributed by atoms with E-state index < -0.39 is 5.41 Å². The van der Waals surface area contributed by atoms with Crippen molar-refractivity contribution in [1.82, 2.24) is 0 Å². The maximum Gasteiger partial charge on any atom is 0.319 e. The maximum absolute atomic E-state index is 12.5. The minimum absolute atomic E-state index is 0.00175. The van der Waals surface area contributed by atoms with E-state index in [0.29, 0.717) is 31.6 Å². The van der Waals surface area contributed by atoms with Crippen LogP contribution in [0, 0.1) is 5.41 Å². The Labute approximate surface area is 125 Å². The number of carbonyl (C=O) groups is 2. The number of esters is 1. The number of rotatable bonds is 5. The Hall–Kier alpha value is -1.84. The number of Topliss-reactive ketones (excluding diaryl/α,β-unsaturated/α-hetero) is 1. The van der Waals surface area contributed by atoms with Crippen molar-refractivity contribution in [3.05, 3.63) is 29.8 Å². The van der Waals surface area contributed by atoms with E-state index in [4.69, 9.17) is 9.47 Å². The molecule has 0 aliphatic heterocycles. The zero-order valence-corrected chi connectivity index (χ0v) is 12.7. The lowest BCUT2D eigenvalue weighted by Crippen LogP contribution is -2.44. The molecule has 1 fully saturated rings. The van der Waals surface area contributed by atoms with E-state index in [1.54, 1.807) is 14.0 Å². The lowest BCUT2D eigenvalue weighted by atomic mass is 9.69. The molecule has 2 rings (SSSR count). The predicted molar refractivity (Wildman–Crippen MR) is 79.2 cm³/mol. The van der Waals surface area contributed by atoms with Crippen LogP contribution in [-0.2, 0) is 20.7 Å². The van der Waals surface area contributed by atoms with Crippen molar-refractivity contribution in [1.29, 1.82) is 0 Å². The second-order valence-electron chi connectivity index (χ2n) is 5.42. The molecule has 1 atom stereocenters. The van der Waals surface area contributed by atoms with Gasteiger partial charge in [-0.2, -0.15) is 0 Å². The Kier molecular flexibility index (Phi) is 4.99. The first-order valence-corrected chi connectivity index (χ1v) is 7.46. The van der Waals surface area contributed by atoms with Crippen LogP contribution in [0.15, 0.2) is 24.3 Å². The fourth-order valence-corrected chi connectivity index (χ4v) is 3.01. The summed E-state index contributed by atoms with van der Waals surface area (Å²) in [5.74, 6) is 0.318. The number of ketones is 1. The Balaban J connectivity index is 2.36. The summed E-state index contributed by atoms with van der Waals surface area (Å²) in [6.45, 7) is 2.06. The summed E-state index contributed by atoms with van der Waals surface area (Å²) in [7, 11) is 1.60. The minimum Gasteiger partial charge on any atom is -0.496 e.